The molecule has 1 rings (SSSR count). The van der Waals surface area contributed by atoms with Crippen molar-refractivity contribution in [3.63, 3.8) is 0 Å². The number of unbranched alkanes of at least 4 members (excludes halogenated alkanes) is 6. The van der Waals surface area contributed by atoms with Gasteiger partial charge >= 0.3 is 11.9 Å². The van der Waals surface area contributed by atoms with Gasteiger partial charge in [0.25, 0.3) is 0 Å². The summed E-state index contributed by atoms with van der Waals surface area (Å²) in [4.78, 5) is 49.8. The van der Waals surface area contributed by atoms with Gasteiger partial charge in [-0.3, -0.25) is 9.59 Å². The highest BCUT2D eigenvalue weighted by molar-refractivity contribution is 5.87. The molecule has 0 saturated carbocycles. The van der Waals surface area contributed by atoms with Crippen LogP contribution in [-0.2, 0) is 66.5 Å². The fourth-order valence-corrected chi connectivity index (χ4v) is 5.76. The Balaban J connectivity index is 1.78. The second-order valence-corrected chi connectivity index (χ2v) is 14.9. The first-order valence-corrected chi connectivity index (χ1v) is 23.9. The Kier molecular flexibility index (Phi) is 44.4. The van der Waals surface area contributed by atoms with Gasteiger partial charge in [0, 0.05) is 30.8 Å². The minimum Gasteiger partial charge on any atom is -0.494 e. The van der Waals surface area contributed by atoms with Crippen LogP contribution in [0.4, 0.5) is 0 Å². The van der Waals surface area contributed by atoms with Gasteiger partial charge in [-0.2, -0.15) is 0 Å². The van der Waals surface area contributed by atoms with E-state index in [9.17, 15) is 24.3 Å². The third-order valence-electron chi connectivity index (χ3n) is 9.40. The van der Waals surface area contributed by atoms with Crippen LogP contribution < -0.4 is 15.4 Å². The van der Waals surface area contributed by atoms with Gasteiger partial charge in [-0.1, -0.05) is 37.2 Å². The summed E-state index contributed by atoms with van der Waals surface area (Å²) in [5.74, 6) is -2.18. The molecule has 0 aliphatic carbocycles. The minimum absolute atomic E-state index is 0.0180. The van der Waals surface area contributed by atoms with Crippen LogP contribution in [0.15, 0.2) is 29.4 Å². The fourth-order valence-electron chi connectivity index (χ4n) is 5.76. The number of aromatic carboxylic acids is 1. The quantitative estimate of drug-likeness (QED) is 0.0312. The van der Waals surface area contributed by atoms with Crippen LogP contribution in [0.5, 0.6) is 5.75 Å². The summed E-state index contributed by atoms with van der Waals surface area (Å²) in [6.07, 6.45) is 6.57. The zero-order valence-corrected chi connectivity index (χ0v) is 40.4. The lowest BCUT2D eigenvalue weighted by Crippen LogP contribution is -2.41. The molecule has 1 aromatic carbocycles. The summed E-state index contributed by atoms with van der Waals surface area (Å²) in [6.45, 7) is 10.6. The van der Waals surface area contributed by atoms with Gasteiger partial charge in [-0.15, -0.1) is 0 Å². The van der Waals surface area contributed by atoms with Crippen molar-refractivity contribution in [1.29, 1.82) is 0 Å². The molecule has 1 aromatic rings. The predicted octanol–water partition coefficient (Wildman–Crippen LogP) is 3.84. The van der Waals surface area contributed by atoms with Crippen LogP contribution >= 0.6 is 0 Å². The van der Waals surface area contributed by atoms with E-state index in [0.29, 0.717) is 164 Å². The molecule has 4 N–H and O–H groups in total. The molecule has 23 nitrogen and oxygen atoms in total. The molecule has 23 heteroatoms. The van der Waals surface area contributed by atoms with Crippen molar-refractivity contribution >= 4 is 23.8 Å². The maximum atomic E-state index is 12.3. The highest BCUT2D eigenvalue weighted by Crippen LogP contribution is 2.14. The van der Waals surface area contributed by atoms with Gasteiger partial charge in [0.1, 0.15) is 11.8 Å². The van der Waals surface area contributed by atoms with Crippen molar-refractivity contribution in [3.05, 3.63) is 40.3 Å². The van der Waals surface area contributed by atoms with Crippen LogP contribution in [0.1, 0.15) is 74.6 Å². The lowest BCUT2D eigenvalue weighted by molar-refractivity contribution is -0.142. The Bertz CT molecular complexity index is 1440. The number of carboxylic acid groups (broad SMARTS) is 2. The molecule has 1 atom stereocenters. The first-order chi connectivity index (χ1) is 33.8. The van der Waals surface area contributed by atoms with E-state index in [2.05, 4.69) is 20.7 Å². The van der Waals surface area contributed by atoms with E-state index >= 15 is 0 Å². The van der Waals surface area contributed by atoms with Gasteiger partial charge in [0.05, 0.1) is 158 Å². The molecular weight excluding hydrogens is 911 g/mol. The van der Waals surface area contributed by atoms with Crippen molar-refractivity contribution in [2.45, 2.75) is 70.3 Å². The second kappa shape index (κ2) is 48.8. The van der Waals surface area contributed by atoms with E-state index in [1.54, 1.807) is 12.1 Å². The zero-order chi connectivity index (χ0) is 49.9. The molecule has 0 saturated heterocycles. The van der Waals surface area contributed by atoms with E-state index in [4.69, 9.17) is 67.5 Å². The number of amides is 2. The van der Waals surface area contributed by atoms with Crippen LogP contribution in [0.3, 0.4) is 0 Å². The normalized spacial score (nSPS) is 11.5. The molecule has 0 aliphatic heterocycles. The van der Waals surface area contributed by atoms with Gasteiger partial charge in [0.2, 0.25) is 11.8 Å². The average Bonchev–Trinajstić information content (AvgIpc) is 3.34. The smallest absolute Gasteiger partial charge is 0.335 e. The number of carboxylic acids is 2. The number of nitrogens with one attached hydrogen (secondary N) is 2. The van der Waals surface area contributed by atoms with Crippen molar-refractivity contribution in [3.8, 4) is 5.75 Å². The molecule has 396 valence electrons. The number of nitrogens with zero attached hydrogens (tertiary/aromatic N) is 3. The summed E-state index contributed by atoms with van der Waals surface area (Å²) < 4.78 is 65.4. The third kappa shape index (κ3) is 43.5. The molecule has 0 unspecified atom stereocenters. The molecule has 0 spiro atoms. The predicted molar refractivity (Wildman–Crippen MR) is 251 cm³/mol. The third-order valence-corrected chi connectivity index (χ3v) is 9.40. The van der Waals surface area contributed by atoms with Gasteiger partial charge in [-0.25, -0.2) is 9.59 Å². The number of ether oxygens (including phenoxy) is 12. The Labute approximate surface area is 406 Å². The largest absolute Gasteiger partial charge is 0.494 e. The van der Waals surface area contributed by atoms with Crippen molar-refractivity contribution in [2.75, 3.05) is 165 Å². The van der Waals surface area contributed by atoms with Gasteiger partial charge < -0.3 is 77.7 Å². The summed E-state index contributed by atoms with van der Waals surface area (Å²) >= 11 is 0. The Morgan fingerprint density at radius 1 is 0.493 bits per heavy atom. The van der Waals surface area contributed by atoms with E-state index in [1.165, 1.54) is 12.1 Å². The molecule has 0 aromatic heterocycles. The molecule has 0 radical (unpaired) electrons. The Hall–Kier alpha value is -4.23. The number of rotatable bonds is 53. The average molecular weight is 990 g/mol. The van der Waals surface area contributed by atoms with E-state index in [1.807, 2.05) is 0 Å². The molecule has 69 heavy (non-hydrogen) atoms. The number of hydrogen-bond donors (Lipinski definition) is 4. The zero-order valence-electron chi connectivity index (χ0n) is 40.4. The molecular formula is C46H79N5O18. The monoisotopic (exact) mass is 990 g/mol. The molecule has 0 bridgehead atoms. The molecule has 0 aliphatic rings. The molecule has 0 fully saturated rings. The van der Waals surface area contributed by atoms with Crippen LogP contribution in [0.25, 0.3) is 10.4 Å². The summed E-state index contributed by atoms with van der Waals surface area (Å²) in [6, 6.07) is 5.18. The van der Waals surface area contributed by atoms with Crippen molar-refractivity contribution in [2.24, 2.45) is 5.11 Å². The van der Waals surface area contributed by atoms with Crippen LogP contribution in [-0.4, -0.2) is 205 Å². The van der Waals surface area contributed by atoms with Crippen molar-refractivity contribution < 1.29 is 86.2 Å². The SMILES string of the molecule is [N-]=[N+]=NCCOCCOCCOCCOCCOCCOCCOCCOCCOCCOCCOCCNC(=O)CC[C@H](NC(=O)CCCCCCCCCOc1ccc(C(=O)O)cc1)C(=O)O. The standard InChI is InChI=1S/C46H79N5O18/c47-51-49-16-19-59-21-23-61-25-27-63-29-31-65-33-35-67-37-39-68-38-36-66-34-32-64-30-28-62-26-24-60-22-20-58-18-15-48-43(52)14-13-42(46(56)57)50-44(53)8-6-4-2-1-3-5-7-17-69-41-11-9-40(10-12-41)45(54)55/h9-12,42H,1-8,13-39H2,(H,48,52)(H,50,53)(H,54,55)(H,56,57)/t42-/m0/s1. The fraction of sp³-hybridized carbons (Fsp3) is 0.783. The topological polar surface area (TPSA) is 292 Å². The minimum atomic E-state index is -1.18. The maximum absolute atomic E-state index is 12.3. The summed E-state index contributed by atoms with van der Waals surface area (Å²) in [5.41, 5.74) is 8.38. The lowest BCUT2D eigenvalue weighted by atomic mass is 10.1. The summed E-state index contributed by atoms with van der Waals surface area (Å²) in [7, 11) is 0. The lowest BCUT2D eigenvalue weighted by Gasteiger charge is -2.14. The molecule has 0 heterocycles. The van der Waals surface area contributed by atoms with E-state index in [-0.39, 0.29) is 49.8 Å². The number of carbonyl (C=O) groups excluding carboxylic acids is 2. The first-order valence-electron chi connectivity index (χ1n) is 23.9. The highest BCUT2D eigenvalue weighted by atomic mass is 16.6. The van der Waals surface area contributed by atoms with Crippen LogP contribution in [0.2, 0.25) is 0 Å². The first kappa shape index (κ1) is 62.8. The second-order valence-electron chi connectivity index (χ2n) is 14.9. The van der Waals surface area contributed by atoms with Gasteiger partial charge in [0.15, 0.2) is 0 Å². The number of azide groups is 1. The maximum Gasteiger partial charge on any atom is 0.335 e. The number of aliphatic carboxylic acids is 1. The number of hydrogen-bond acceptors (Lipinski definition) is 17. The molecule has 2 amide bonds. The van der Waals surface area contributed by atoms with Crippen molar-refractivity contribution in [1.82, 2.24) is 10.6 Å². The van der Waals surface area contributed by atoms with E-state index in [0.717, 1.165) is 38.5 Å². The van der Waals surface area contributed by atoms with Gasteiger partial charge in [-0.05, 0) is 49.1 Å². The Morgan fingerprint density at radius 2 is 0.884 bits per heavy atom. The number of benzene rings is 1. The van der Waals surface area contributed by atoms with Crippen LogP contribution in [0, 0.1) is 0 Å². The summed E-state index contributed by atoms with van der Waals surface area (Å²) in [5, 5.41) is 27.1. The highest BCUT2D eigenvalue weighted by Gasteiger charge is 2.21. The van der Waals surface area contributed by atoms with E-state index < -0.39 is 18.0 Å². The number of carbonyl (C=O) groups is 4. The Morgan fingerprint density at radius 3 is 1.29 bits per heavy atom.